The van der Waals surface area contributed by atoms with Crippen molar-refractivity contribution in [2.24, 2.45) is 5.92 Å². The van der Waals surface area contributed by atoms with Crippen molar-refractivity contribution < 1.29 is 10.2 Å². The standard InChI is InChI=1S/C7H14O2/c1-5-3-4-6(8)7(5,2)9/h5-6,8-9H,3-4H2,1-2H3/t5?,6-,7-/m0/s1. The first kappa shape index (κ1) is 7.03. The second kappa shape index (κ2) is 1.96. The highest BCUT2D eigenvalue weighted by molar-refractivity contribution is 4.93. The van der Waals surface area contributed by atoms with Gasteiger partial charge in [0.2, 0.25) is 0 Å². The molecule has 2 heteroatoms. The quantitative estimate of drug-likeness (QED) is 0.502. The van der Waals surface area contributed by atoms with Crippen LogP contribution in [0.2, 0.25) is 0 Å². The molecule has 0 aliphatic heterocycles. The van der Waals surface area contributed by atoms with Crippen LogP contribution >= 0.6 is 0 Å². The Hall–Kier alpha value is -0.0800. The second-order valence-electron chi connectivity index (χ2n) is 3.22. The van der Waals surface area contributed by atoms with E-state index in [0.717, 1.165) is 12.8 Å². The highest BCUT2D eigenvalue weighted by Crippen LogP contribution is 2.34. The fraction of sp³-hybridized carbons (Fsp3) is 1.00. The van der Waals surface area contributed by atoms with E-state index in [2.05, 4.69) is 0 Å². The Labute approximate surface area is 55.5 Å². The minimum atomic E-state index is -0.833. The highest BCUT2D eigenvalue weighted by atomic mass is 16.3. The van der Waals surface area contributed by atoms with E-state index in [1.807, 2.05) is 6.92 Å². The fourth-order valence-electron chi connectivity index (χ4n) is 1.32. The Kier molecular flexibility index (Phi) is 1.53. The van der Waals surface area contributed by atoms with E-state index >= 15 is 0 Å². The molecule has 1 saturated carbocycles. The summed E-state index contributed by atoms with van der Waals surface area (Å²) in [5, 5.41) is 18.7. The van der Waals surface area contributed by atoms with E-state index in [-0.39, 0.29) is 5.92 Å². The summed E-state index contributed by atoms with van der Waals surface area (Å²) < 4.78 is 0. The van der Waals surface area contributed by atoms with Crippen LogP contribution in [0.3, 0.4) is 0 Å². The third-order valence-electron chi connectivity index (χ3n) is 2.55. The Morgan fingerprint density at radius 1 is 1.44 bits per heavy atom. The number of hydrogen-bond acceptors (Lipinski definition) is 2. The van der Waals surface area contributed by atoms with E-state index in [4.69, 9.17) is 0 Å². The van der Waals surface area contributed by atoms with Gasteiger partial charge in [0.05, 0.1) is 11.7 Å². The normalized spacial score (nSPS) is 52.0. The number of aliphatic hydroxyl groups excluding tert-OH is 1. The van der Waals surface area contributed by atoms with Gasteiger partial charge in [-0.15, -0.1) is 0 Å². The van der Waals surface area contributed by atoms with Crippen LogP contribution in [0.15, 0.2) is 0 Å². The molecule has 0 spiro atoms. The minimum Gasteiger partial charge on any atom is -0.390 e. The third kappa shape index (κ3) is 0.970. The number of hydrogen-bond donors (Lipinski definition) is 2. The highest BCUT2D eigenvalue weighted by Gasteiger charge is 2.41. The van der Waals surface area contributed by atoms with Crippen molar-refractivity contribution in [3.63, 3.8) is 0 Å². The largest absolute Gasteiger partial charge is 0.390 e. The smallest absolute Gasteiger partial charge is 0.0902 e. The molecule has 0 heterocycles. The van der Waals surface area contributed by atoms with Gasteiger partial charge in [0.1, 0.15) is 0 Å². The van der Waals surface area contributed by atoms with Crippen molar-refractivity contribution in [2.75, 3.05) is 0 Å². The minimum absolute atomic E-state index is 0.243. The number of rotatable bonds is 0. The Bertz CT molecular complexity index is 97.5. The Morgan fingerprint density at radius 3 is 2.11 bits per heavy atom. The van der Waals surface area contributed by atoms with E-state index in [1.165, 1.54) is 0 Å². The van der Waals surface area contributed by atoms with Gasteiger partial charge >= 0.3 is 0 Å². The first-order chi connectivity index (χ1) is 4.05. The molecule has 2 N–H and O–H groups in total. The van der Waals surface area contributed by atoms with Crippen LogP contribution in [0.5, 0.6) is 0 Å². The van der Waals surface area contributed by atoms with Gasteiger partial charge in [0, 0.05) is 0 Å². The van der Waals surface area contributed by atoms with Crippen LogP contribution in [0.1, 0.15) is 26.7 Å². The van der Waals surface area contributed by atoms with Gasteiger partial charge in [0.25, 0.3) is 0 Å². The van der Waals surface area contributed by atoms with Crippen LogP contribution in [-0.4, -0.2) is 21.9 Å². The molecule has 1 aliphatic rings. The Morgan fingerprint density at radius 2 is 2.00 bits per heavy atom. The van der Waals surface area contributed by atoms with Gasteiger partial charge in [-0.05, 0) is 25.7 Å². The van der Waals surface area contributed by atoms with Gasteiger partial charge in [-0.2, -0.15) is 0 Å². The molecule has 0 saturated heterocycles. The maximum atomic E-state index is 9.48. The van der Waals surface area contributed by atoms with Gasteiger partial charge < -0.3 is 10.2 Å². The SMILES string of the molecule is CC1CC[C@H](O)[C@@]1(C)O. The summed E-state index contributed by atoms with van der Waals surface area (Å²) in [6.07, 6.45) is 1.18. The summed E-state index contributed by atoms with van der Waals surface area (Å²) in [6.45, 7) is 3.67. The predicted octanol–water partition coefficient (Wildman–Crippen LogP) is 0.528. The van der Waals surface area contributed by atoms with Crippen molar-refractivity contribution in [3.05, 3.63) is 0 Å². The summed E-state index contributed by atoms with van der Waals surface area (Å²) in [5.74, 6) is 0.243. The molecule has 0 aromatic carbocycles. The molecular weight excluding hydrogens is 116 g/mol. The fourth-order valence-corrected chi connectivity index (χ4v) is 1.32. The zero-order valence-electron chi connectivity index (χ0n) is 5.96. The van der Waals surface area contributed by atoms with E-state index < -0.39 is 11.7 Å². The molecule has 2 nitrogen and oxygen atoms in total. The molecule has 0 amide bonds. The van der Waals surface area contributed by atoms with Crippen LogP contribution in [0.4, 0.5) is 0 Å². The summed E-state index contributed by atoms with van der Waals surface area (Å²) in [7, 11) is 0. The molecule has 0 radical (unpaired) electrons. The first-order valence-electron chi connectivity index (χ1n) is 3.45. The lowest BCUT2D eigenvalue weighted by atomic mass is 9.94. The summed E-state index contributed by atoms with van der Waals surface area (Å²) >= 11 is 0. The maximum Gasteiger partial charge on any atom is 0.0902 e. The molecule has 1 aliphatic carbocycles. The van der Waals surface area contributed by atoms with Crippen LogP contribution < -0.4 is 0 Å². The maximum absolute atomic E-state index is 9.48. The average Bonchev–Trinajstić information content (AvgIpc) is 1.96. The molecule has 1 unspecified atom stereocenters. The molecule has 9 heavy (non-hydrogen) atoms. The molecule has 54 valence electrons. The topological polar surface area (TPSA) is 40.5 Å². The van der Waals surface area contributed by atoms with Gasteiger partial charge in [-0.1, -0.05) is 6.92 Å². The average molecular weight is 130 g/mol. The molecule has 0 aromatic rings. The zero-order chi connectivity index (χ0) is 7.07. The lowest BCUT2D eigenvalue weighted by Gasteiger charge is -2.25. The van der Waals surface area contributed by atoms with E-state index in [9.17, 15) is 10.2 Å². The lowest BCUT2D eigenvalue weighted by molar-refractivity contribution is -0.0620. The summed E-state index contributed by atoms with van der Waals surface area (Å²) in [4.78, 5) is 0. The van der Waals surface area contributed by atoms with Crippen LogP contribution in [0, 0.1) is 5.92 Å². The molecule has 1 rings (SSSR count). The molecule has 0 bridgehead atoms. The van der Waals surface area contributed by atoms with Gasteiger partial charge in [-0.3, -0.25) is 0 Å². The van der Waals surface area contributed by atoms with E-state index in [0.29, 0.717) is 0 Å². The molecule has 0 aromatic heterocycles. The Balaban J connectivity index is 2.66. The number of aliphatic hydroxyl groups is 2. The van der Waals surface area contributed by atoms with Crippen molar-refractivity contribution in [3.8, 4) is 0 Å². The van der Waals surface area contributed by atoms with Gasteiger partial charge in [0.15, 0.2) is 0 Å². The third-order valence-corrected chi connectivity index (χ3v) is 2.55. The monoisotopic (exact) mass is 130 g/mol. The van der Waals surface area contributed by atoms with Crippen molar-refractivity contribution in [1.82, 2.24) is 0 Å². The molecule has 1 fully saturated rings. The lowest BCUT2D eigenvalue weighted by Crippen LogP contribution is -2.38. The zero-order valence-corrected chi connectivity index (χ0v) is 5.96. The summed E-state index contributed by atoms with van der Waals surface area (Å²) in [5.41, 5.74) is -0.833. The van der Waals surface area contributed by atoms with Crippen molar-refractivity contribution in [2.45, 2.75) is 38.4 Å². The van der Waals surface area contributed by atoms with Gasteiger partial charge in [-0.25, -0.2) is 0 Å². The molecule has 3 atom stereocenters. The first-order valence-corrected chi connectivity index (χ1v) is 3.45. The summed E-state index contributed by atoms with van der Waals surface area (Å²) in [6, 6.07) is 0. The van der Waals surface area contributed by atoms with Crippen molar-refractivity contribution in [1.29, 1.82) is 0 Å². The predicted molar refractivity (Wildman–Crippen MR) is 35.0 cm³/mol. The molecular formula is C7H14O2. The second-order valence-corrected chi connectivity index (χ2v) is 3.22. The van der Waals surface area contributed by atoms with E-state index in [1.54, 1.807) is 6.92 Å². The van der Waals surface area contributed by atoms with Crippen LogP contribution in [0.25, 0.3) is 0 Å². The van der Waals surface area contributed by atoms with Crippen molar-refractivity contribution >= 4 is 0 Å². The van der Waals surface area contributed by atoms with Crippen LogP contribution in [-0.2, 0) is 0 Å².